The van der Waals surface area contributed by atoms with Crippen LogP contribution in [-0.2, 0) is 4.79 Å². The van der Waals surface area contributed by atoms with Crippen molar-refractivity contribution in [3.8, 4) is 0 Å². The van der Waals surface area contributed by atoms with Crippen LogP contribution in [0.2, 0.25) is 0 Å². The number of nitrogens with one attached hydrogen (secondary N) is 1. The molecule has 0 unspecified atom stereocenters. The van der Waals surface area contributed by atoms with Gasteiger partial charge in [0.15, 0.2) is 0 Å². The summed E-state index contributed by atoms with van der Waals surface area (Å²) in [6.07, 6.45) is 3.29. The van der Waals surface area contributed by atoms with Crippen LogP contribution in [0, 0.1) is 0 Å². The van der Waals surface area contributed by atoms with E-state index in [9.17, 15) is 9.59 Å². The van der Waals surface area contributed by atoms with Crippen molar-refractivity contribution >= 4 is 29.3 Å². The Balaban J connectivity index is 2.88. The number of aliphatic carboxylic acids is 1. The van der Waals surface area contributed by atoms with E-state index < -0.39 is 5.97 Å². The molecule has 0 aliphatic carbocycles. The third-order valence-corrected chi connectivity index (χ3v) is 3.57. The molecule has 0 saturated heterocycles. The first-order chi connectivity index (χ1) is 8.35. The van der Waals surface area contributed by atoms with Gasteiger partial charge in [0.1, 0.15) is 0 Å². The minimum absolute atomic E-state index is 0.165. The normalized spacial score (nSPS) is 11.7. The summed E-state index contributed by atoms with van der Waals surface area (Å²) in [6, 6.07) is 1.73. The molecule has 4 nitrogen and oxygen atoms in total. The van der Waals surface area contributed by atoms with E-state index in [2.05, 4.69) is 5.32 Å². The van der Waals surface area contributed by atoms with Crippen LogP contribution in [0.25, 0.3) is 6.08 Å². The van der Waals surface area contributed by atoms with Gasteiger partial charge in [-0.3, -0.25) is 4.79 Å². The summed E-state index contributed by atoms with van der Waals surface area (Å²) in [6.45, 7) is 5.90. The lowest BCUT2D eigenvalue weighted by Gasteiger charge is -2.24. The summed E-state index contributed by atoms with van der Waals surface area (Å²) in [4.78, 5) is 23.1. The van der Waals surface area contributed by atoms with Crippen LogP contribution >= 0.6 is 11.3 Å². The lowest BCUT2D eigenvalue weighted by atomic mass is 10.0. The summed E-state index contributed by atoms with van der Waals surface area (Å²) in [7, 11) is 0. The standard InChI is InChI=1S/C13H17NO3S/c1-4-13(2,3)14-12(17)11-9(7-8-18-11)5-6-10(15)16/h5-8H,4H2,1-3H3,(H,14,17)(H,15,16). The summed E-state index contributed by atoms with van der Waals surface area (Å²) in [5, 5.41) is 13.3. The molecule has 5 heteroatoms. The Morgan fingerprint density at radius 1 is 1.50 bits per heavy atom. The molecule has 0 aliphatic heterocycles. The number of hydrogen-bond acceptors (Lipinski definition) is 3. The maximum absolute atomic E-state index is 12.1. The maximum atomic E-state index is 12.1. The number of carbonyl (C=O) groups excluding carboxylic acids is 1. The molecule has 2 N–H and O–H groups in total. The number of amides is 1. The van der Waals surface area contributed by atoms with E-state index in [-0.39, 0.29) is 11.4 Å². The van der Waals surface area contributed by atoms with Gasteiger partial charge in [0, 0.05) is 11.6 Å². The largest absolute Gasteiger partial charge is 0.478 e. The molecule has 1 rings (SSSR count). The third kappa shape index (κ3) is 4.00. The van der Waals surface area contributed by atoms with Crippen LogP contribution in [0.5, 0.6) is 0 Å². The van der Waals surface area contributed by atoms with Crippen molar-refractivity contribution < 1.29 is 14.7 Å². The van der Waals surface area contributed by atoms with Crippen molar-refractivity contribution in [3.63, 3.8) is 0 Å². The molecule has 0 atom stereocenters. The fourth-order valence-corrected chi connectivity index (χ4v) is 2.03. The number of carboxylic acid groups (broad SMARTS) is 1. The number of carbonyl (C=O) groups is 2. The lowest BCUT2D eigenvalue weighted by molar-refractivity contribution is -0.131. The van der Waals surface area contributed by atoms with Gasteiger partial charge in [-0.25, -0.2) is 4.79 Å². The molecule has 1 amide bonds. The Bertz CT molecular complexity index is 474. The van der Waals surface area contributed by atoms with E-state index in [1.807, 2.05) is 20.8 Å². The minimum Gasteiger partial charge on any atom is -0.478 e. The number of hydrogen-bond donors (Lipinski definition) is 2. The highest BCUT2D eigenvalue weighted by atomic mass is 32.1. The molecule has 0 bridgehead atoms. The van der Waals surface area contributed by atoms with Gasteiger partial charge in [-0.1, -0.05) is 6.92 Å². The van der Waals surface area contributed by atoms with E-state index in [1.165, 1.54) is 17.4 Å². The average molecular weight is 267 g/mol. The molecule has 18 heavy (non-hydrogen) atoms. The fraction of sp³-hybridized carbons (Fsp3) is 0.385. The molecular formula is C13H17NO3S. The summed E-state index contributed by atoms with van der Waals surface area (Å²) >= 11 is 1.30. The SMILES string of the molecule is CCC(C)(C)NC(=O)c1sccc1C=CC(=O)O. The number of thiophene rings is 1. The molecular weight excluding hydrogens is 250 g/mol. The van der Waals surface area contributed by atoms with Crippen molar-refractivity contribution in [1.29, 1.82) is 0 Å². The van der Waals surface area contributed by atoms with Crippen molar-refractivity contribution in [2.24, 2.45) is 0 Å². The second kappa shape index (κ2) is 5.82. The second-order valence-electron chi connectivity index (χ2n) is 4.57. The molecule has 0 saturated carbocycles. The van der Waals surface area contributed by atoms with E-state index in [4.69, 9.17) is 5.11 Å². The minimum atomic E-state index is -1.03. The van der Waals surface area contributed by atoms with E-state index in [0.717, 1.165) is 12.5 Å². The van der Waals surface area contributed by atoms with Crippen LogP contribution in [0.15, 0.2) is 17.5 Å². The third-order valence-electron chi connectivity index (χ3n) is 2.64. The zero-order valence-corrected chi connectivity index (χ0v) is 11.5. The molecule has 98 valence electrons. The van der Waals surface area contributed by atoms with Gasteiger partial charge in [0.25, 0.3) is 5.91 Å². The first-order valence-corrected chi connectivity index (χ1v) is 6.54. The Hall–Kier alpha value is -1.62. The summed E-state index contributed by atoms with van der Waals surface area (Å²) in [5.41, 5.74) is 0.362. The topological polar surface area (TPSA) is 66.4 Å². The molecule has 0 radical (unpaired) electrons. The van der Waals surface area contributed by atoms with Gasteiger partial charge in [0.2, 0.25) is 0 Å². The lowest BCUT2D eigenvalue weighted by Crippen LogP contribution is -2.42. The van der Waals surface area contributed by atoms with E-state index in [1.54, 1.807) is 11.4 Å². The highest BCUT2D eigenvalue weighted by Crippen LogP contribution is 2.20. The Kier molecular flexibility index (Phi) is 4.67. The fourth-order valence-electron chi connectivity index (χ4n) is 1.25. The first kappa shape index (κ1) is 14.4. The van der Waals surface area contributed by atoms with Gasteiger partial charge in [0.05, 0.1) is 4.88 Å². The molecule has 1 aromatic rings. The summed E-state index contributed by atoms with van der Waals surface area (Å²) < 4.78 is 0. The average Bonchev–Trinajstić information content (AvgIpc) is 2.74. The Morgan fingerprint density at radius 3 is 2.72 bits per heavy atom. The van der Waals surface area contributed by atoms with Gasteiger partial charge in [-0.05, 0) is 43.4 Å². The number of rotatable bonds is 5. The summed E-state index contributed by atoms with van der Waals surface area (Å²) in [5.74, 6) is -1.19. The number of carboxylic acids is 1. The molecule has 0 fully saturated rings. The van der Waals surface area contributed by atoms with Crippen LogP contribution < -0.4 is 5.32 Å². The second-order valence-corrected chi connectivity index (χ2v) is 5.48. The van der Waals surface area contributed by atoms with Crippen molar-refractivity contribution in [2.45, 2.75) is 32.7 Å². The van der Waals surface area contributed by atoms with Crippen molar-refractivity contribution in [3.05, 3.63) is 28.0 Å². The van der Waals surface area contributed by atoms with Crippen LogP contribution in [0.4, 0.5) is 0 Å². The Morgan fingerprint density at radius 2 is 2.17 bits per heavy atom. The predicted octanol–water partition coefficient (Wildman–Crippen LogP) is 2.76. The highest BCUT2D eigenvalue weighted by Gasteiger charge is 2.20. The first-order valence-electron chi connectivity index (χ1n) is 5.67. The van der Waals surface area contributed by atoms with Gasteiger partial charge in [-0.2, -0.15) is 0 Å². The van der Waals surface area contributed by atoms with E-state index >= 15 is 0 Å². The molecule has 0 spiro atoms. The van der Waals surface area contributed by atoms with Gasteiger partial charge >= 0.3 is 5.97 Å². The smallest absolute Gasteiger partial charge is 0.328 e. The zero-order chi connectivity index (χ0) is 13.8. The van der Waals surface area contributed by atoms with Crippen LogP contribution in [0.1, 0.15) is 42.4 Å². The van der Waals surface area contributed by atoms with Crippen molar-refractivity contribution in [1.82, 2.24) is 5.32 Å². The van der Waals surface area contributed by atoms with Crippen LogP contribution in [-0.4, -0.2) is 22.5 Å². The monoisotopic (exact) mass is 267 g/mol. The molecule has 0 aliphatic rings. The van der Waals surface area contributed by atoms with Gasteiger partial charge < -0.3 is 10.4 Å². The van der Waals surface area contributed by atoms with Crippen LogP contribution in [0.3, 0.4) is 0 Å². The van der Waals surface area contributed by atoms with Crippen molar-refractivity contribution in [2.75, 3.05) is 0 Å². The maximum Gasteiger partial charge on any atom is 0.328 e. The predicted molar refractivity (Wildman–Crippen MR) is 72.8 cm³/mol. The zero-order valence-electron chi connectivity index (χ0n) is 10.7. The molecule has 1 heterocycles. The molecule has 1 aromatic heterocycles. The quantitative estimate of drug-likeness (QED) is 0.806. The molecule has 0 aromatic carbocycles. The van der Waals surface area contributed by atoms with Gasteiger partial charge in [-0.15, -0.1) is 11.3 Å². The Labute approximate surface area is 110 Å². The van der Waals surface area contributed by atoms with E-state index in [0.29, 0.717) is 10.4 Å². The highest BCUT2D eigenvalue weighted by molar-refractivity contribution is 7.12.